The number of benzene rings is 2. The third kappa shape index (κ3) is 3.68. The summed E-state index contributed by atoms with van der Waals surface area (Å²) in [5.74, 6) is -1.39. The Bertz CT molecular complexity index is 634. The molecule has 6 heteroatoms. The van der Waals surface area contributed by atoms with Crippen molar-refractivity contribution in [1.29, 1.82) is 0 Å². The predicted molar refractivity (Wildman–Crippen MR) is 71.9 cm³/mol. The van der Waals surface area contributed by atoms with E-state index in [1.54, 1.807) is 6.07 Å². The van der Waals surface area contributed by atoms with Crippen molar-refractivity contribution in [2.45, 2.75) is 0 Å². The lowest BCUT2D eigenvalue weighted by molar-refractivity contribution is -0.118. The van der Waals surface area contributed by atoms with Crippen LogP contribution in [-0.2, 0) is 4.79 Å². The molecule has 0 aliphatic heterocycles. The summed E-state index contributed by atoms with van der Waals surface area (Å²) in [4.78, 5) is 11.6. The van der Waals surface area contributed by atoms with Crippen LogP contribution in [0.2, 0.25) is 5.02 Å². The topological polar surface area (TPSA) is 38.3 Å². The van der Waals surface area contributed by atoms with Gasteiger partial charge in [-0.1, -0.05) is 23.7 Å². The average Bonchev–Trinajstić information content (AvgIpc) is 2.43. The first-order chi connectivity index (χ1) is 9.56. The summed E-state index contributed by atoms with van der Waals surface area (Å²) in [5.41, 5.74) is 0.0678. The lowest BCUT2D eigenvalue weighted by atomic mass is 10.3. The number of nitrogens with one attached hydrogen (secondary N) is 1. The molecule has 1 N–H and O–H groups in total. The fourth-order valence-electron chi connectivity index (χ4n) is 1.46. The van der Waals surface area contributed by atoms with Gasteiger partial charge in [0.05, 0.1) is 10.7 Å². The number of ether oxygens (including phenoxy) is 1. The average molecular weight is 298 g/mol. The van der Waals surface area contributed by atoms with Crippen LogP contribution < -0.4 is 10.1 Å². The van der Waals surface area contributed by atoms with Crippen LogP contribution >= 0.6 is 11.6 Å². The smallest absolute Gasteiger partial charge is 0.262 e. The number of carbonyl (C=O) groups is 1. The summed E-state index contributed by atoms with van der Waals surface area (Å²) in [6.07, 6.45) is 0. The second kappa shape index (κ2) is 6.34. The van der Waals surface area contributed by atoms with Gasteiger partial charge in [0.2, 0.25) is 0 Å². The second-order valence-corrected chi connectivity index (χ2v) is 4.30. The first-order valence-corrected chi connectivity index (χ1v) is 6.06. The molecule has 0 spiro atoms. The molecule has 2 aromatic rings. The molecular formula is C14H10ClF2NO2. The molecule has 0 bridgehead atoms. The highest BCUT2D eigenvalue weighted by Crippen LogP contribution is 2.21. The zero-order valence-electron chi connectivity index (χ0n) is 10.2. The van der Waals surface area contributed by atoms with Gasteiger partial charge in [0, 0.05) is 6.07 Å². The van der Waals surface area contributed by atoms with Gasteiger partial charge in [-0.15, -0.1) is 0 Å². The highest BCUT2D eigenvalue weighted by atomic mass is 35.5. The number of para-hydroxylation sites is 1. The van der Waals surface area contributed by atoms with E-state index in [1.165, 1.54) is 30.3 Å². The minimum absolute atomic E-state index is 0.0678. The van der Waals surface area contributed by atoms with Crippen molar-refractivity contribution in [3.63, 3.8) is 0 Å². The van der Waals surface area contributed by atoms with Gasteiger partial charge in [-0.3, -0.25) is 4.79 Å². The summed E-state index contributed by atoms with van der Waals surface area (Å²) in [7, 11) is 0. The summed E-state index contributed by atoms with van der Waals surface area (Å²) in [6.45, 7) is -0.337. The Balaban J connectivity index is 1.92. The van der Waals surface area contributed by atoms with Crippen molar-refractivity contribution in [2.24, 2.45) is 0 Å². The Hall–Kier alpha value is -2.14. The lowest BCUT2D eigenvalue weighted by Gasteiger charge is -2.08. The first kappa shape index (κ1) is 14.3. The third-order valence-corrected chi connectivity index (χ3v) is 2.70. The molecule has 0 aromatic heterocycles. The number of carbonyl (C=O) groups excluding carboxylic acids is 1. The monoisotopic (exact) mass is 297 g/mol. The van der Waals surface area contributed by atoms with Crippen molar-refractivity contribution >= 4 is 23.2 Å². The van der Waals surface area contributed by atoms with Crippen LogP contribution in [0.25, 0.3) is 0 Å². The van der Waals surface area contributed by atoms with Gasteiger partial charge in [-0.05, 0) is 24.3 Å². The molecule has 3 nitrogen and oxygen atoms in total. The number of hydrogen-bond acceptors (Lipinski definition) is 2. The molecule has 0 saturated carbocycles. The molecule has 2 aromatic carbocycles. The Morgan fingerprint density at radius 1 is 1.15 bits per heavy atom. The number of anilines is 1. The SMILES string of the molecule is O=C(COc1ccc(F)c(Cl)c1)Nc1ccccc1F. The van der Waals surface area contributed by atoms with Crippen LogP contribution in [0.1, 0.15) is 0 Å². The van der Waals surface area contributed by atoms with Gasteiger partial charge in [0.1, 0.15) is 17.4 Å². The van der Waals surface area contributed by atoms with Gasteiger partial charge in [0.15, 0.2) is 6.61 Å². The first-order valence-electron chi connectivity index (χ1n) is 5.68. The Labute approximate surface area is 119 Å². The predicted octanol–water partition coefficient (Wildman–Crippen LogP) is 3.64. The van der Waals surface area contributed by atoms with Crippen LogP contribution in [0.4, 0.5) is 14.5 Å². The maximum Gasteiger partial charge on any atom is 0.262 e. The summed E-state index contributed by atoms with van der Waals surface area (Å²) >= 11 is 5.57. The van der Waals surface area contributed by atoms with Crippen LogP contribution in [0.5, 0.6) is 5.75 Å². The van der Waals surface area contributed by atoms with Gasteiger partial charge in [-0.25, -0.2) is 8.78 Å². The van der Waals surface area contributed by atoms with E-state index in [4.69, 9.17) is 16.3 Å². The number of amides is 1. The van der Waals surface area contributed by atoms with E-state index in [2.05, 4.69) is 5.32 Å². The van der Waals surface area contributed by atoms with Crippen LogP contribution in [0.15, 0.2) is 42.5 Å². The molecule has 0 saturated heterocycles. The van der Waals surface area contributed by atoms with Crippen molar-refractivity contribution in [1.82, 2.24) is 0 Å². The zero-order valence-corrected chi connectivity index (χ0v) is 11.0. The Morgan fingerprint density at radius 3 is 2.60 bits per heavy atom. The number of rotatable bonds is 4. The maximum atomic E-state index is 13.3. The molecule has 0 aliphatic carbocycles. The quantitative estimate of drug-likeness (QED) is 0.936. The molecule has 104 valence electrons. The highest BCUT2D eigenvalue weighted by Gasteiger charge is 2.08. The molecule has 2 rings (SSSR count). The fraction of sp³-hybridized carbons (Fsp3) is 0.0714. The standard InChI is InChI=1S/C14H10ClF2NO2/c15-10-7-9(5-6-11(10)16)20-8-14(19)18-13-4-2-1-3-12(13)17/h1-7H,8H2,(H,18,19). The minimum atomic E-state index is -0.574. The van der Waals surface area contributed by atoms with E-state index in [-0.39, 0.29) is 23.1 Å². The van der Waals surface area contributed by atoms with Crippen LogP contribution in [0, 0.1) is 11.6 Å². The second-order valence-electron chi connectivity index (χ2n) is 3.89. The molecular weight excluding hydrogens is 288 g/mol. The van der Waals surface area contributed by atoms with E-state index >= 15 is 0 Å². The molecule has 0 aliphatic rings. The third-order valence-electron chi connectivity index (χ3n) is 2.41. The van der Waals surface area contributed by atoms with E-state index in [0.717, 1.165) is 6.07 Å². The van der Waals surface area contributed by atoms with Gasteiger partial charge in [0.25, 0.3) is 5.91 Å². The zero-order chi connectivity index (χ0) is 14.5. The molecule has 0 unspecified atom stereocenters. The molecule has 0 fully saturated rings. The minimum Gasteiger partial charge on any atom is -0.484 e. The normalized spacial score (nSPS) is 10.2. The van der Waals surface area contributed by atoms with E-state index in [9.17, 15) is 13.6 Å². The van der Waals surface area contributed by atoms with Gasteiger partial charge in [-0.2, -0.15) is 0 Å². The van der Waals surface area contributed by atoms with Crippen molar-refractivity contribution in [3.8, 4) is 5.75 Å². The number of hydrogen-bond donors (Lipinski definition) is 1. The molecule has 0 radical (unpaired) electrons. The molecule has 0 heterocycles. The Kier molecular flexibility index (Phi) is 4.53. The fourth-order valence-corrected chi connectivity index (χ4v) is 1.63. The van der Waals surface area contributed by atoms with Crippen LogP contribution in [0.3, 0.4) is 0 Å². The van der Waals surface area contributed by atoms with Crippen molar-refractivity contribution in [2.75, 3.05) is 11.9 Å². The maximum absolute atomic E-state index is 13.3. The van der Waals surface area contributed by atoms with Crippen molar-refractivity contribution in [3.05, 3.63) is 59.1 Å². The van der Waals surface area contributed by atoms with Gasteiger partial charge < -0.3 is 10.1 Å². The Morgan fingerprint density at radius 2 is 1.90 bits per heavy atom. The van der Waals surface area contributed by atoms with Crippen molar-refractivity contribution < 1.29 is 18.3 Å². The molecule has 20 heavy (non-hydrogen) atoms. The largest absolute Gasteiger partial charge is 0.484 e. The van der Waals surface area contributed by atoms with Crippen LogP contribution in [-0.4, -0.2) is 12.5 Å². The van der Waals surface area contributed by atoms with E-state index in [1.807, 2.05) is 0 Å². The highest BCUT2D eigenvalue weighted by molar-refractivity contribution is 6.30. The summed E-state index contributed by atoms with van der Waals surface area (Å²) in [6, 6.07) is 9.51. The summed E-state index contributed by atoms with van der Waals surface area (Å²) < 4.78 is 31.3. The van der Waals surface area contributed by atoms with E-state index in [0.29, 0.717) is 0 Å². The van der Waals surface area contributed by atoms with Gasteiger partial charge >= 0.3 is 0 Å². The van der Waals surface area contributed by atoms with E-state index < -0.39 is 17.5 Å². The number of halogens is 3. The summed E-state index contributed by atoms with van der Waals surface area (Å²) in [5, 5.41) is 2.26. The lowest BCUT2D eigenvalue weighted by Crippen LogP contribution is -2.20. The molecule has 0 atom stereocenters. The molecule has 1 amide bonds.